The minimum Gasteiger partial charge on any atom is -0.324 e. The van der Waals surface area contributed by atoms with E-state index in [9.17, 15) is 0 Å². The zero-order valence-corrected chi connectivity index (χ0v) is 13.1. The third-order valence-corrected chi connectivity index (χ3v) is 4.25. The fourth-order valence-electron chi connectivity index (χ4n) is 2.72. The van der Waals surface area contributed by atoms with Gasteiger partial charge < -0.3 is 10.6 Å². The molecule has 1 atom stereocenters. The first-order valence-electron chi connectivity index (χ1n) is 8.21. The molecule has 1 unspecified atom stereocenters. The van der Waals surface area contributed by atoms with E-state index in [1.807, 2.05) is 0 Å². The maximum absolute atomic E-state index is 6.28. The van der Waals surface area contributed by atoms with E-state index in [-0.39, 0.29) is 6.04 Å². The Kier molecular flexibility index (Phi) is 6.06. The van der Waals surface area contributed by atoms with Crippen LogP contribution in [-0.2, 0) is 0 Å². The number of benzene rings is 1. The molecule has 1 aromatic rings. The lowest BCUT2D eigenvalue weighted by Gasteiger charge is -2.23. The lowest BCUT2D eigenvalue weighted by Crippen LogP contribution is -2.29. The van der Waals surface area contributed by atoms with Crippen molar-refractivity contribution in [3.63, 3.8) is 0 Å². The molecule has 0 heterocycles. The Morgan fingerprint density at radius 2 is 1.80 bits per heavy atom. The molecule has 2 nitrogen and oxygen atoms in total. The van der Waals surface area contributed by atoms with Crippen LogP contribution in [0.4, 0.5) is 0 Å². The summed E-state index contributed by atoms with van der Waals surface area (Å²) < 4.78 is 0. The second-order valence-corrected chi connectivity index (χ2v) is 6.61. The van der Waals surface area contributed by atoms with E-state index in [1.165, 1.54) is 44.3 Å². The van der Waals surface area contributed by atoms with Crippen LogP contribution in [0.25, 0.3) is 0 Å². The Bertz CT molecular complexity index is 370. The average molecular weight is 274 g/mol. The van der Waals surface area contributed by atoms with Crippen molar-refractivity contribution >= 4 is 0 Å². The first kappa shape index (κ1) is 15.5. The predicted molar refractivity (Wildman–Crippen MR) is 86.7 cm³/mol. The number of rotatable bonds is 9. The molecule has 1 aliphatic carbocycles. The van der Waals surface area contributed by atoms with Crippen molar-refractivity contribution in [3.8, 4) is 0 Å². The summed E-state index contributed by atoms with van der Waals surface area (Å²) in [5, 5.41) is 0. The van der Waals surface area contributed by atoms with E-state index >= 15 is 0 Å². The highest BCUT2D eigenvalue weighted by Crippen LogP contribution is 2.28. The third kappa shape index (κ3) is 5.26. The van der Waals surface area contributed by atoms with Crippen LogP contribution in [0.15, 0.2) is 30.3 Å². The van der Waals surface area contributed by atoms with Gasteiger partial charge in [-0.3, -0.25) is 0 Å². The lowest BCUT2D eigenvalue weighted by atomic mass is 10.0. The number of hydrogen-bond acceptors (Lipinski definition) is 2. The van der Waals surface area contributed by atoms with Gasteiger partial charge in [-0.25, -0.2) is 0 Å². The van der Waals surface area contributed by atoms with Gasteiger partial charge in [-0.05, 0) is 56.7 Å². The van der Waals surface area contributed by atoms with E-state index in [0.29, 0.717) is 0 Å². The van der Waals surface area contributed by atoms with E-state index in [2.05, 4.69) is 49.1 Å². The van der Waals surface area contributed by atoms with Crippen molar-refractivity contribution in [1.29, 1.82) is 0 Å². The summed E-state index contributed by atoms with van der Waals surface area (Å²) in [6, 6.07) is 11.6. The number of nitrogens with two attached hydrogens (primary N) is 1. The van der Waals surface area contributed by atoms with Crippen LogP contribution in [0.5, 0.6) is 0 Å². The SMILES string of the molecule is CC(C)CCN(CCCC(N)c1ccccc1)C1CC1. The summed E-state index contributed by atoms with van der Waals surface area (Å²) in [6.07, 6.45) is 6.44. The third-order valence-electron chi connectivity index (χ3n) is 4.25. The van der Waals surface area contributed by atoms with Gasteiger partial charge in [0.25, 0.3) is 0 Å². The molecule has 2 N–H and O–H groups in total. The van der Waals surface area contributed by atoms with Gasteiger partial charge in [0.2, 0.25) is 0 Å². The van der Waals surface area contributed by atoms with Crippen LogP contribution in [0.3, 0.4) is 0 Å². The topological polar surface area (TPSA) is 29.3 Å². The summed E-state index contributed by atoms with van der Waals surface area (Å²) in [6.45, 7) is 7.12. The zero-order chi connectivity index (χ0) is 14.4. The summed E-state index contributed by atoms with van der Waals surface area (Å²) in [5.41, 5.74) is 7.55. The Morgan fingerprint density at radius 3 is 2.40 bits per heavy atom. The number of hydrogen-bond donors (Lipinski definition) is 1. The van der Waals surface area contributed by atoms with Crippen molar-refractivity contribution in [1.82, 2.24) is 4.90 Å². The molecule has 2 heteroatoms. The molecule has 112 valence electrons. The van der Waals surface area contributed by atoms with Crippen molar-refractivity contribution in [2.75, 3.05) is 13.1 Å². The van der Waals surface area contributed by atoms with Gasteiger partial charge in [0.1, 0.15) is 0 Å². The van der Waals surface area contributed by atoms with Crippen LogP contribution < -0.4 is 5.73 Å². The van der Waals surface area contributed by atoms with E-state index < -0.39 is 0 Å². The Labute approximate surface area is 124 Å². The Hall–Kier alpha value is -0.860. The Morgan fingerprint density at radius 1 is 1.10 bits per heavy atom. The van der Waals surface area contributed by atoms with Crippen LogP contribution in [0.2, 0.25) is 0 Å². The second-order valence-electron chi connectivity index (χ2n) is 6.61. The van der Waals surface area contributed by atoms with Crippen LogP contribution in [-0.4, -0.2) is 24.0 Å². The summed E-state index contributed by atoms with van der Waals surface area (Å²) in [4.78, 5) is 2.69. The summed E-state index contributed by atoms with van der Waals surface area (Å²) in [5.74, 6) is 0.808. The van der Waals surface area contributed by atoms with Gasteiger partial charge in [-0.2, -0.15) is 0 Å². The molecule has 1 saturated carbocycles. The molecule has 0 spiro atoms. The van der Waals surface area contributed by atoms with Crippen molar-refractivity contribution < 1.29 is 0 Å². The molecule has 0 bridgehead atoms. The first-order valence-corrected chi connectivity index (χ1v) is 8.21. The molecule has 0 aromatic heterocycles. The van der Waals surface area contributed by atoms with Crippen molar-refractivity contribution in [3.05, 3.63) is 35.9 Å². The molecule has 1 fully saturated rings. The summed E-state index contributed by atoms with van der Waals surface area (Å²) in [7, 11) is 0. The minimum absolute atomic E-state index is 0.197. The molecule has 1 aliphatic rings. The molecular weight excluding hydrogens is 244 g/mol. The quantitative estimate of drug-likeness (QED) is 0.738. The average Bonchev–Trinajstić information content (AvgIpc) is 3.27. The van der Waals surface area contributed by atoms with Gasteiger partial charge in [-0.1, -0.05) is 44.2 Å². The lowest BCUT2D eigenvalue weighted by molar-refractivity contribution is 0.241. The fourth-order valence-corrected chi connectivity index (χ4v) is 2.72. The van der Waals surface area contributed by atoms with Crippen molar-refractivity contribution in [2.45, 2.75) is 58.0 Å². The van der Waals surface area contributed by atoms with Gasteiger partial charge in [0.15, 0.2) is 0 Å². The van der Waals surface area contributed by atoms with Crippen LogP contribution in [0.1, 0.15) is 57.6 Å². The maximum atomic E-state index is 6.28. The van der Waals surface area contributed by atoms with Gasteiger partial charge >= 0.3 is 0 Å². The largest absolute Gasteiger partial charge is 0.324 e. The van der Waals surface area contributed by atoms with E-state index in [4.69, 9.17) is 5.73 Å². The van der Waals surface area contributed by atoms with Crippen LogP contribution in [0, 0.1) is 5.92 Å². The smallest absolute Gasteiger partial charge is 0.0295 e. The molecule has 1 aromatic carbocycles. The molecule has 0 amide bonds. The van der Waals surface area contributed by atoms with Gasteiger partial charge in [-0.15, -0.1) is 0 Å². The Balaban J connectivity index is 1.70. The van der Waals surface area contributed by atoms with Crippen molar-refractivity contribution in [2.24, 2.45) is 11.7 Å². The summed E-state index contributed by atoms with van der Waals surface area (Å²) >= 11 is 0. The van der Waals surface area contributed by atoms with E-state index in [0.717, 1.165) is 18.4 Å². The zero-order valence-electron chi connectivity index (χ0n) is 13.1. The molecule has 2 rings (SSSR count). The highest BCUT2D eigenvalue weighted by Gasteiger charge is 2.28. The second kappa shape index (κ2) is 7.80. The van der Waals surface area contributed by atoms with Gasteiger partial charge in [0.05, 0.1) is 0 Å². The predicted octanol–water partition coefficient (Wildman–Crippen LogP) is 3.98. The highest BCUT2D eigenvalue weighted by molar-refractivity contribution is 5.18. The van der Waals surface area contributed by atoms with E-state index in [1.54, 1.807) is 0 Å². The molecule has 0 saturated heterocycles. The molecular formula is C18H30N2. The minimum atomic E-state index is 0.197. The maximum Gasteiger partial charge on any atom is 0.0295 e. The first-order chi connectivity index (χ1) is 9.66. The number of nitrogens with zero attached hydrogens (tertiary/aromatic N) is 1. The monoisotopic (exact) mass is 274 g/mol. The highest BCUT2D eigenvalue weighted by atomic mass is 15.2. The standard InChI is InChI=1S/C18H30N2/c1-15(2)12-14-20(17-10-11-17)13-6-9-18(19)16-7-4-3-5-8-16/h3-5,7-8,15,17-18H,6,9-14,19H2,1-2H3. The molecule has 20 heavy (non-hydrogen) atoms. The molecule has 0 radical (unpaired) electrons. The molecule has 0 aliphatic heterocycles. The van der Waals surface area contributed by atoms with Crippen LogP contribution >= 0.6 is 0 Å². The van der Waals surface area contributed by atoms with Gasteiger partial charge in [0, 0.05) is 12.1 Å². The fraction of sp³-hybridized carbons (Fsp3) is 0.667. The normalized spacial score (nSPS) is 16.9.